The predicted molar refractivity (Wildman–Crippen MR) is 102 cm³/mol. The molecular formula is C18H17Cl2N3O3. The van der Waals surface area contributed by atoms with Gasteiger partial charge >= 0.3 is 0 Å². The first-order valence-electron chi connectivity index (χ1n) is 7.69. The number of rotatable bonds is 7. The lowest BCUT2D eigenvalue weighted by atomic mass is 10.1. The molecule has 0 saturated carbocycles. The van der Waals surface area contributed by atoms with Gasteiger partial charge in [-0.25, -0.2) is 5.43 Å². The highest BCUT2D eigenvalue weighted by atomic mass is 35.5. The first-order chi connectivity index (χ1) is 12.5. The molecule has 2 aromatic carbocycles. The second-order valence-electron chi connectivity index (χ2n) is 5.24. The lowest BCUT2D eigenvalue weighted by molar-refractivity contribution is -0.127. The molecule has 0 aromatic heterocycles. The molecule has 6 nitrogen and oxygen atoms in total. The Morgan fingerprint density at radius 3 is 2.46 bits per heavy atom. The number of amides is 2. The van der Waals surface area contributed by atoms with Crippen LogP contribution in [-0.4, -0.2) is 30.7 Å². The van der Waals surface area contributed by atoms with E-state index in [1.165, 1.54) is 0 Å². The molecule has 8 heteroatoms. The number of nitrogens with one attached hydrogen (secondary N) is 2. The molecular weight excluding hydrogens is 377 g/mol. The molecule has 0 aliphatic heterocycles. The number of hydrogen-bond acceptors (Lipinski definition) is 4. The second kappa shape index (κ2) is 9.79. The average molecular weight is 394 g/mol. The molecule has 0 bridgehead atoms. The average Bonchev–Trinajstić information content (AvgIpc) is 2.65. The Kier molecular flexibility index (Phi) is 7.44. The molecule has 0 aliphatic carbocycles. The Labute approximate surface area is 161 Å². The van der Waals surface area contributed by atoms with E-state index in [-0.39, 0.29) is 13.2 Å². The van der Waals surface area contributed by atoms with Crippen LogP contribution in [0.3, 0.4) is 0 Å². The normalized spacial score (nSPS) is 11.0. The van der Waals surface area contributed by atoms with Gasteiger partial charge in [-0.1, -0.05) is 47.5 Å². The zero-order valence-corrected chi connectivity index (χ0v) is 15.5. The molecule has 136 valence electrons. The van der Waals surface area contributed by atoms with E-state index in [2.05, 4.69) is 15.8 Å². The van der Waals surface area contributed by atoms with Crippen LogP contribution in [0.1, 0.15) is 12.5 Å². The highest BCUT2D eigenvalue weighted by Gasteiger charge is 2.07. The van der Waals surface area contributed by atoms with Gasteiger partial charge in [-0.05, 0) is 36.8 Å². The number of hydrogen-bond donors (Lipinski definition) is 2. The zero-order chi connectivity index (χ0) is 18.9. The molecule has 2 aromatic rings. The van der Waals surface area contributed by atoms with Crippen molar-refractivity contribution in [3.63, 3.8) is 0 Å². The van der Waals surface area contributed by atoms with Crippen LogP contribution in [0.2, 0.25) is 10.0 Å². The van der Waals surface area contributed by atoms with Gasteiger partial charge < -0.3 is 10.1 Å². The molecule has 0 atom stereocenters. The molecule has 26 heavy (non-hydrogen) atoms. The molecule has 0 radical (unpaired) electrons. The molecule has 0 unspecified atom stereocenters. The van der Waals surface area contributed by atoms with Gasteiger partial charge in [0, 0.05) is 0 Å². The van der Waals surface area contributed by atoms with Crippen molar-refractivity contribution in [2.24, 2.45) is 5.10 Å². The molecule has 2 N–H and O–H groups in total. The van der Waals surface area contributed by atoms with Crippen molar-refractivity contribution < 1.29 is 14.3 Å². The maximum atomic E-state index is 11.8. The first-order valence-corrected chi connectivity index (χ1v) is 8.44. The number of hydrazone groups is 1. The van der Waals surface area contributed by atoms with Crippen molar-refractivity contribution in [2.45, 2.75) is 6.92 Å². The van der Waals surface area contributed by atoms with Gasteiger partial charge in [-0.15, -0.1) is 0 Å². The Morgan fingerprint density at radius 2 is 1.77 bits per heavy atom. The van der Waals surface area contributed by atoms with Gasteiger partial charge in [-0.3, -0.25) is 9.59 Å². The molecule has 2 rings (SSSR count). The zero-order valence-electron chi connectivity index (χ0n) is 14.0. The topological polar surface area (TPSA) is 79.8 Å². The summed E-state index contributed by atoms with van der Waals surface area (Å²) in [5.41, 5.74) is 3.64. The third-order valence-electron chi connectivity index (χ3n) is 3.24. The van der Waals surface area contributed by atoms with E-state index >= 15 is 0 Å². The highest BCUT2D eigenvalue weighted by Crippen LogP contribution is 2.22. The van der Waals surface area contributed by atoms with Crippen molar-refractivity contribution >= 4 is 40.7 Å². The van der Waals surface area contributed by atoms with Gasteiger partial charge in [0.1, 0.15) is 5.75 Å². The number of nitrogens with zero attached hydrogens (tertiary/aromatic N) is 1. The molecule has 0 fully saturated rings. The third-order valence-corrected chi connectivity index (χ3v) is 3.98. The minimum absolute atomic E-state index is 0.178. The number of carbonyl (C=O) groups excluding carboxylic acids is 2. The van der Waals surface area contributed by atoms with E-state index in [1.54, 1.807) is 49.4 Å². The van der Waals surface area contributed by atoms with Gasteiger partial charge in [0.25, 0.3) is 11.8 Å². The second-order valence-corrected chi connectivity index (χ2v) is 6.05. The summed E-state index contributed by atoms with van der Waals surface area (Å²) in [6.07, 6.45) is 0. The molecule has 0 aliphatic rings. The van der Waals surface area contributed by atoms with Crippen molar-refractivity contribution in [1.29, 1.82) is 0 Å². The Balaban J connectivity index is 1.75. The van der Waals surface area contributed by atoms with Gasteiger partial charge in [-0.2, -0.15) is 5.10 Å². The Hall–Kier alpha value is -2.57. The number of benzene rings is 2. The highest BCUT2D eigenvalue weighted by molar-refractivity contribution is 6.42. The summed E-state index contributed by atoms with van der Waals surface area (Å²) in [4.78, 5) is 23.4. The minimum atomic E-state index is -0.461. The number of carbonyl (C=O) groups is 2. The van der Waals surface area contributed by atoms with Crippen molar-refractivity contribution in [3.05, 3.63) is 64.1 Å². The summed E-state index contributed by atoms with van der Waals surface area (Å²) in [6, 6.07) is 14.0. The van der Waals surface area contributed by atoms with Crippen LogP contribution in [0.4, 0.5) is 0 Å². The standard InChI is InChI=1S/C18H17Cl2N3O3/c1-12(13-7-8-15(19)16(20)9-13)22-23-17(24)10-21-18(25)11-26-14-5-3-2-4-6-14/h2-9H,10-11H2,1H3,(H,21,25)(H,23,24). The monoisotopic (exact) mass is 393 g/mol. The lowest BCUT2D eigenvalue weighted by Crippen LogP contribution is -2.37. The smallest absolute Gasteiger partial charge is 0.259 e. The third kappa shape index (κ3) is 6.38. The fraction of sp³-hybridized carbons (Fsp3) is 0.167. The van der Waals surface area contributed by atoms with Gasteiger partial charge in [0.15, 0.2) is 6.61 Å². The van der Waals surface area contributed by atoms with Gasteiger partial charge in [0.05, 0.1) is 22.3 Å². The van der Waals surface area contributed by atoms with E-state index in [1.807, 2.05) is 6.07 Å². The van der Waals surface area contributed by atoms with Crippen LogP contribution in [-0.2, 0) is 9.59 Å². The fourth-order valence-corrected chi connectivity index (χ4v) is 2.17. The van der Waals surface area contributed by atoms with Crippen LogP contribution in [0.5, 0.6) is 5.75 Å². The predicted octanol–water partition coefficient (Wildman–Crippen LogP) is 3.03. The number of ether oxygens (including phenoxy) is 1. The lowest BCUT2D eigenvalue weighted by Gasteiger charge is -2.07. The van der Waals surface area contributed by atoms with Crippen LogP contribution in [0.15, 0.2) is 53.6 Å². The van der Waals surface area contributed by atoms with Crippen molar-refractivity contribution in [1.82, 2.24) is 10.7 Å². The summed E-state index contributed by atoms with van der Waals surface area (Å²) in [5.74, 6) is -0.291. The quantitative estimate of drug-likeness (QED) is 0.560. The summed E-state index contributed by atoms with van der Waals surface area (Å²) < 4.78 is 5.28. The maximum Gasteiger partial charge on any atom is 0.259 e. The van der Waals surface area contributed by atoms with Crippen molar-refractivity contribution in [3.8, 4) is 5.75 Å². The SMILES string of the molecule is CC(=NNC(=O)CNC(=O)COc1ccccc1)c1ccc(Cl)c(Cl)c1. The molecule has 0 spiro atoms. The van der Waals surface area contributed by atoms with Crippen LogP contribution < -0.4 is 15.5 Å². The summed E-state index contributed by atoms with van der Waals surface area (Å²) in [6.45, 7) is 1.32. The van der Waals surface area contributed by atoms with Crippen molar-refractivity contribution in [2.75, 3.05) is 13.2 Å². The van der Waals surface area contributed by atoms with Gasteiger partial charge in [0.2, 0.25) is 0 Å². The Bertz CT molecular complexity index is 811. The van der Waals surface area contributed by atoms with E-state index < -0.39 is 11.8 Å². The van der Waals surface area contributed by atoms with Crippen LogP contribution in [0.25, 0.3) is 0 Å². The van der Waals surface area contributed by atoms with E-state index in [0.717, 1.165) is 5.56 Å². The molecule has 2 amide bonds. The van der Waals surface area contributed by atoms with E-state index in [4.69, 9.17) is 27.9 Å². The van der Waals surface area contributed by atoms with Crippen LogP contribution in [0, 0.1) is 0 Å². The summed E-state index contributed by atoms with van der Waals surface area (Å²) in [7, 11) is 0. The summed E-state index contributed by atoms with van der Waals surface area (Å²) in [5, 5.41) is 7.25. The minimum Gasteiger partial charge on any atom is -0.484 e. The van der Waals surface area contributed by atoms with E-state index in [9.17, 15) is 9.59 Å². The fourth-order valence-electron chi connectivity index (χ4n) is 1.87. The number of halogens is 2. The molecule has 0 saturated heterocycles. The molecule has 0 heterocycles. The van der Waals surface area contributed by atoms with Crippen LogP contribution >= 0.6 is 23.2 Å². The first kappa shape index (κ1) is 19.8. The van der Waals surface area contributed by atoms with E-state index in [0.29, 0.717) is 21.5 Å². The summed E-state index contributed by atoms with van der Waals surface area (Å²) >= 11 is 11.8. The maximum absolute atomic E-state index is 11.8. The number of para-hydroxylation sites is 1. The Morgan fingerprint density at radius 1 is 1.04 bits per heavy atom. The largest absolute Gasteiger partial charge is 0.484 e.